The van der Waals surface area contributed by atoms with E-state index in [1.54, 1.807) is 20.8 Å². The third kappa shape index (κ3) is 4.52. The molecule has 0 radical (unpaired) electrons. The first-order valence-electron chi connectivity index (χ1n) is 9.48. The maximum absolute atomic E-state index is 12.8. The van der Waals surface area contributed by atoms with Crippen LogP contribution in [0.3, 0.4) is 0 Å². The molecule has 0 aromatic heterocycles. The minimum absolute atomic E-state index is 0.126. The Hall–Kier alpha value is -2.62. The van der Waals surface area contributed by atoms with Crippen LogP contribution in [0.2, 0.25) is 0 Å². The Morgan fingerprint density at radius 2 is 1.97 bits per heavy atom. The second-order valence-corrected chi connectivity index (χ2v) is 9.49. The number of fused-ring (bicyclic) bond motifs is 1. The molecule has 9 nitrogen and oxygen atoms in total. The Labute approximate surface area is 169 Å². The highest BCUT2D eigenvalue weighted by Crippen LogP contribution is 2.37. The second-order valence-electron chi connectivity index (χ2n) is 7.83. The molecule has 1 fully saturated rings. The summed E-state index contributed by atoms with van der Waals surface area (Å²) in [6, 6.07) is 2.78. The van der Waals surface area contributed by atoms with E-state index in [0.29, 0.717) is 24.2 Å². The van der Waals surface area contributed by atoms with Crippen LogP contribution in [0, 0.1) is 6.92 Å². The lowest BCUT2D eigenvalue weighted by molar-refractivity contribution is -0.135. The summed E-state index contributed by atoms with van der Waals surface area (Å²) < 4.78 is 33.2. The van der Waals surface area contributed by atoms with Crippen LogP contribution in [-0.2, 0) is 24.4 Å². The summed E-state index contributed by atoms with van der Waals surface area (Å²) in [6.45, 7) is 4.83. The average Bonchev–Trinajstić information content (AvgIpc) is 2.80. The topological polar surface area (TPSA) is 122 Å². The Balaban J connectivity index is 1.80. The van der Waals surface area contributed by atoms with Crippen molar-refractivity contribution in [3.05, 3.63) is 17.7 Å². The van der Waals surface area contributed by atoms with Gasteiger partial charge in [-0.3, -0.25) is 14.4 Å². The molecule has 0 bridgehead atoms. The van der Waals surface area contributed by atoms with E-state index in [2.05, 4.69) is 5.32 Å². The third-order valence-electron chi connectivity index (χ3n) is 4.98. The number of carbonyl (C=O) groups is 3. The summed E-state index contributed by atoms with van der Waals surface area (Å²) in [7, 11) is -4.18. The fourth-order valence-corrected chi connectivity index (χ4v) is 4.57. The van der Waals surface area contributed by atoms with Gasteiger partial charge in [0, 0.05) is 19.0 Å². The number of aryl methyl sites for hydroxylation is 1. The van der Waals surface area contributed by atoms with Crippen molar-refractivity contribution in [2.45, 2.75) is 57.0 Å². The van der Waals surface area contributed by atoms with E-state index in [9.17, 15) is 22.8 Å². The first-order valence-corrected chi connectivity index (χ1v) is 11.0. The van der Waals surface area contributed by atoms with Crippen molar-refractivity contribution in [3.63, 3.8) is 0 Å². The maximum atomic E-state index is 12.8. The van der Waals surface area contributed by atoms with E-state index in [1.165, 1.54) is 17.0 Å². The summed E-state index contributed by atoms with van der Waals surface area (Å²) in [6.07, 6.45) is 2.83. The number of ether oxygens (including phenoxy) is 1. The number of hydrogen-bond donors (Lipinski definition) is 2. The lowest BCUT2D eigenvalue weighted by Gasteiger charge is -2.32. The summed E-state index contributed by atoms with van der Waals surface area (Å²) in [5.41, 5.74) is -0.439. The number of benzene rings is 1. The quantitative estimate of drug-likeness (QED) is 0.753. The molecule has 0 saturated carbocycles. The molecule has 0 spiro atoms. The zero-order chi connectivity index (χ0) is 21.4. The van der Waals surface area contributed by atoms with E-state index >= 15 is 0 Å². The van der Waals surface area contributed by atoms with E-state index in [-0.39, 0.29) is 29.0 Å². The van der Waals surface area contributed by atoms with Crippen molar-refractivity contribution in [2.75, 3.05) is 18.4 Å². The molecule has 1 aromatic carbocycles. The van der Waals surface area contributed by atoms with Gasteiger partial charge in [-0.15, -0.1) is 0 Å². The number of nitrogens with one attached hydrogen (secondary N) is 2. The van der Waals surface area contributed by atoms with Crippen LogP contribution in [0.15, 0.2) is 17.0 Å². The predicted molar refractivity (Wildman–Crippen MR) is 105 cm³/mol. The molecule has 3 rings (SSSR count). The Bertz CT molecular complexity index is 970. The third-order valence-corrected chi connectivity index (χ3v) is 6.50. The minimum Gasteiger partial charge on any atom is -0.476 e. The lowest BCUT2D eigenvalue weighted by atomic mass is 10.1. The fraction of sp³-hybridized carbons (Fsp3) is 0.526. The first kappa shape index (κ1) is 21.1. The van der Waals surface area contributed by atoms with Gasteiger partial charge in [0.05, 0.1) is 10.6 Å². The van der Waals surface area contributed by atoms with Crippen LogP contribution < -0.4 is 14.8 Å². The van der Waals surface area contributed by atoms with Gasteiger partial charge in [0.2, 0.25) is 5.91 Å². The molecule has 1 saturated heterocycles. The molecule has 0 atom stereocenters. The first-order chi connectivity index (χ1) is 13.5. The number of carbonyl (C=O) groups excluding carboxylic acids is 3. The molecule has 0 unspecified atom stereocenters. The number of likely N-dealkylation sites (tertiary alicyclic amines) is 1. The maximum Gasteiger partial charge on any atom is 0.268 e. The number of amides is 3. The van der Waals surface area contributed by atoms with Crippen molar-refractivity contribution in [1.29, 1.82) is 0 Å². The molecule has 0 aliphatic carbocycles. The largest absolute Gasteiger partial charge is 0.476 e. The standard InChI is InChI=1S/C19H25N3O6S/c1-12-9-13-14(28-19(2,3)18(25)20-13)10-15(12)29(26,27)21-16(23)11-22-8-6-4-5-7-17(22)24/h9-10H,4-8,11H2,1-3H3,(H,20,25)(H,21,23). The fourth-order valence-electron chi connectivity index (χ4n) is 3.35. The number of rotatable bonds is 4. The summed E-state index contributed by atoms with van der Waals surface area (Å²) in [5, 5.41) is 2.69. The van der Waals surface area contributed by atoms with Gasteiger partial charge in [-0.1, -0.05) is 6.42 Å². The van der Waals surface area contributed by atoms with Gasteiger partial charge >= 0.3 is 0 Å². The van der Waals surface area contributed by atoms with Gasteiger partial charge in [0.1, 0.15) is 12.3 Å². The monoisotopic (exact) mass is 423 g/mol. The lowest BCUT2D eigenvalue weighted by Crippen LogP contribution is -2.46. The summed E-state index contributed by atoms with van der Waals surface area (Å²) in [4.78, 5) is 37.6. The van der Waals surface area contributed by atoms with Gasteiger partial charge in [-0.05, 0) is 45.2 Å². The van der Waals surface area contributed by atoms with E-state index < -0.39 is 21.5 Å². The van der Waals surface area contributed by atoms with Crippen molar-refractivity contribution in [3.8, 4) is 5.75 Å². The molecule has 1 aromatic rings. The SMILES string of the molecule is Cc1cc2c(cc1S(=O)(=O)NC(=O)CN1CCCCCC1=O)OC(C)(C)C(=O)N2. The molecule has 2 N–H and O–H groups in total. The van der Waals surface area contributed by atoms with Crippen LogP contribution in [0.5, 0.6) is 5.75 Å². The summed E-state index contributed by atoms with van der Waals surface area (Å²) >= 11 is 0. The molecule has 2 heterocycles. The van der Waals surface area contributed by atoms with Gasteiger partial charge < -0.3 is 15.0 Å². The smallest absolute Gasteiger partial charge is 0.268 e. The van der Waals surface area contributed by atoms with Crippen molar-refractivity contribution < 1.29 is 27.5 Å². The number of sulfonamides is 1. The molecule has 10 heteroatoms. The highest BCUT2D eigenvalue weighted by atomic mass is 32.2. The average molecular weight is 423 g/mol. The molecule has 2 aliphatic heterocycles. The molecule has 3 amide bonds. The van der Waals surface area contributed by atoms with Crippen molar-refractivity contribution >= 4 is 33.4 Å². The van der Waals surface area contributed by atoms with Gasteiger partial charge in [0.15, 0.2) is 5.60 Å². The van der Waals surface area contributed by atoms with E-state index in [1.807, 2.05) is 4.72 Å². The van der Waals surface area contributed by atoms with Crippen LogP contribution >= 0.6 is 0 Å². The molecular formula is C19H25N3O6S. The van der Waals surface area contributed by atoms with E-state index in [4.69, 9.17) is 4.74 Å². The van der Waals surface area contributed by atoms with Gasteiger partial charge in [0.25, 0.3) is 21.8 Å². The second kappa shape index (κ2) is 7.66. The normalized spacial score (nSPS) is 18.9. The highest BCUT2D eigenvalue weighted by molar-refractivity contribution is 7.90. The molecule has 29 heavy (non-hydrogen) atoms. The zero-order valence-electron chi connectivity index (χ0n) is 16.7. The molecule has 2 aliphatic rings. The van der Waals surface area contributed by atoms with Crippen molar-refractivity contribution in [1.82, 2.24) is 9.62 Å². The highest BCUT2D eigenvalue weighted by Gasteiger charge is 2.36. The Kier molecular flexibility index (Phi) is 5.57. The van der Waals surface area contributed by atoms with Gasteiger partial charge in [-0.2, -0.15) is 0 Å². The predicted octanol–water partition coefficient (Wildman–Crippen LogP) is 1.31. The Morgan fingerprint density at radius 3 is 2.69 bits per heavy atom. The van der Waals surface area contributed by atoms with Crippen LogP contribution in [0.4, 0.5) is 5.69 Å². The van der Waals surface area contributed by atoms with Crippen molar-refractivity contribution in [2.24, 2.45) is 0 Å². The van der Waals surface area contributed by atoms with E-state index in [0.717, 1.165) is 19.3 Å². The zero-order valence-corrected chi connectivity index (χ0v) is 17.5. The van der Waals surface area contributed by atoms with Crippen LogP contribution in [0.25, 0.3) is 0 Å². The Morgan fingerprint density at radius 1 is 1.24 bits per heavy atom. The minimum atomic E-state index is -4.18. The number of anilines is 1. The van der Waals surface area contributed by atoms with Gasteiger partial charge in [-0.25, -0.2) is 13.1 Å². The summed E-state index contributed by atoms with van der Waals surface area (Å²) in [5.74, 6) is -1.05. The van der Waals surface area contributed by atoms with Crippen LogP contribution in [-0.4, -0.2) is 49.7 Å². The van der Waals surface area contributed by atoms with Crippen LogP contribution in [0.1, 0.15) is 45.1 Å². The molecule has 158 valence electrons. The number of nitrogens with zero attached hydrogens (tertiary/aromatic N) is 1. The molecular weight excluding hydrogens is 398 g/mol. The number of hydrogen-bond acceptors (Lipinski definition) is 6.